The Morgan fingerprint density at radius 2 is 1.50 bits per heavy atom. The van der Waals surface area contributed by atoms with E-state index in [2.05, 4.69) is 53.8 Å². The van der Waals surface area contributed by atoms with Crippen molar-refractivity contribution in [2.75, 3.05) is 86.7 Å². The van der Waals surface area contributed by atoms with E-state index >= 15 is 0 Å². The first-order valence-electron chi connectivity index (χ1n) is 12.7. The van der Waals surface area contributed by atoms with Gasteiger partial charge in [-0.1, -0.05) is 13.0 Å². The molecule has 1 atom stereocenters. The molecule has 0 aliphatic carbocycles. The number of amides is 1. The van der Waals surface area contributed by atoms with Crippen molar-refractivity contribution in [1.82, 2.24) is 25.0 Å². The molecule has 0 saturated carbocycles. The van der Waals surface area contributed by atoms with Crippen LogP contribution in [-0.2, 0) is 4.79 Å². The van der Waals surface area contributed by atoms with Crippen LogP contribution in [0, 0.1) is 5.92 Å². The summed E-state index contributed by atoms with van der Waals surface area (Å²) in [6, 6.07) is 10.1. The number of hydrogen-bond acceptors (Lipinski definition) is 8. The average Bonchev–Trinajstić information content (AvgIpc) is 2.93. The largest absolute Gasteiger partial charge is 0.354 e. The first-order valence-corrected chi connectivity index (χ1v) is 12.7. The quantitative estimate of drug-likeness (QED) is 0.661. The summed E-state index contributed by atoms with van der Waals surface area (Å²) in [5, 5.41) is 9.08. The number of nitrogens with zero attached hydrogens (tertiary/aromatic N) is 8. The fraction of sp³-hybridized carbons (Fsp3) is 0.600. The Morgan fingerprint density at radius 1 is 0.824 bits per heavy atom. The lowest BCUT2D eigenvalue weighted by Crippen LogP contribution is -2.52. The maximum atomic E-state index is 13.3. The second kappa shape index (κ2) is 10.5. The number of rotatable bonds is 5. The normalized spacial score (nSPS) is 22.2. The summed E-state index contributed by atoms with van der Waals surface area (Å²) in [6.07, 6.45) is 3.78. The van der Waals surface area contributed by atoms with Crippen LogP contribution in [0.2, 0.25) is 0 Å². The lowest BCUT2D eigenvalue weighted by Gasteiger charge is -2.39. The van der Waals surface area contributed by atoms with E-state index in [1.165, 1.54) is 0 Å². The molecule has 0 aromatic carbocycles. The molecule has 5 rings (SSSR count). The molecule has 3 aliphatic heterocycles. The smallest absolute Gasteiger partial charge is 0.227 e. The van der Waals surface area contributed by atoms with Crippen LogP contribution in [0.15, 0.2) is 36.5 Å². The van der Waals surface area contributed by atoms with Gasteiger partial charge in [0.2, 0.25) is 5.91 Å². The highest BCUT2D eigenvalue weighted by Crippen LogP contribution is 2.25. The summed E-state index contributed by atoms with van der Waals surface area (Å²) in [5.74, 6) is 3.14. The van der Waals surface area contributed by atoms with E-state index in [1.807, 2.05) is 29.3 Å². The van der Waals surface area contributed by atoms with Gasteiger partial charge in [-0.2, -0.15) is 0 Å². The van der Waals surface area contributed by atoms with Crippen molar-refractivity contribution in [3.8, 4) is 0 Å². The minimum absolute atomic E-state index is 0.0266. The molecule has 34 heavy (non-hydrogen) atoms. The Balaban J connectivity index is 1.15. The summed E-state index contributed by atoms with van der Waals surface area (Å²) in [7, 11) is 0. The highest BCUT2D eigenvalue weighted by atomic mass is 16.2. The number of carbonyl (C=O) groups excluding carboxylic acids is 1. The van der Waals surface area contributed by atoms with Crippen LogP contribution < -0.4 is 14.7 Å². The van der Waals surface area contributed by atoms with Gasteiger partial charge in [-0.25, -0.2) is 4.98 Å². The fourth-order valence-electron chi connectivity index (χ4n) is 5.29. The maximum absolute atomic E-state index is 13.3. The minimum atomic E-state index is 0.0266. The van der Waals surface area contributed by atoms with Gasteiger partial charge in [-0.05, 0) is 43.7 Å². The molecule has 0 radical (unpaired) electrons. The molecule has 3 fully saturated rings. The van der Waals surface area contributed by atoms with Crippen LogP contribution in [0.25, 0.3) is 0 Å². The monoisotopic (exact) mass is 464 g/mol. The van der Waals surface area contributed by atoms with E-state index in [1.54, 1.807) is 0 Å². The zero-order chi connectivity index (χ0) is 23.3. The van der Waals surface area contributed by atoms with Crippen LogP contribution in [-0.4, -0.2) is 103 Å². The van der Waals surface area contributed by atoms with Crippen molar-refractivity contribution in [3.63, 3.8) is 0 Å². The molecule has 182 valence electrons. The van der Waals surface area contributed by atoms with E-state index in [4.69, 9.17) is 0 Å². The summed E-state index contributed by atoms with van der Waals surface area (Å²) in [4.78, 5) is 29.1. The van der Waals surface area contributed by atoms with Gasteiger partial charge >= 0.3 is 0 Å². The third-order valence-electron chi connectivity index (χ3n) is 7.44. The summed E-state index contributed by atoms with van der Waals surface area (Å²) in [6.45, 7) is 12.3. The zero-order valence-corrected chi connectivity index (χ0v) is 20.2. The van der Waals surface area contributed by atoms with Gasteiger partial charge in [0.1, 0.15) is 5.82 Å². The van der Waals surface area contributed by atoms with E-state index < -0.39 is 0 Å². The lowest BCUT2D eigenvalue weighted by molar-refractivity contribution is -0.136. The molecule has 0 N–H and O–H groups in total. The minimum Gasteiger partial charge on any atom is -0.354 e. The maximum Gasteiger partial charge on any atom is 0.227 e. The van der Waals surface area contributed by atoms with Crippen molar-refractivity contribution in [1.29, 1.82) is 0 Å². The number of piperidine rings is 1. The fourth-order valence-corrected chi connectivity index (χ4v) is 5.29. The number of hydrogen-bond donors (Lipinski definition) is 0. The van der Waals surface area contributed by atoms with Crippen LogP contribution >= 0.6 is 0 Å². The van der Waals surface area contributed by atoms with Crippen LogP contribution in [0.3, 0.4) is 0 Å². The number of likely N-dealkylation sites (N-methyl/N-ethyl adjacent to an activating group) is 1. The Bertz CT molecular complexity index is 924. The molecule has 2 aromatic rings. The van der Waals surface area contributed by atoms with Gasteiger partial charge in [0.15, 0.2) is 11.6 Å². The van der Waals surface area contributed by atoms with Gasteiger partial charge < -0.3 is 24.5 Å². The van der Waals surface area contributed by atoms with Gasteiger partial charge in [-0.3, -0.25) is 4.79 Å². The molecule has 1 amide bonds. The van der Waals surface area contributed by atoms with Crippen LogP contribution in [0.1, 0.15) is 19.8 Å². The van der Waals surface area contributed by atoms with Crippen molar-refractivity contribution in [3.05, 3.63) is 36.5 Å². The second-order valence-corrected chi connectivity index (χ2v) is 9.46. The molecule has 5 heterocycles. The molecular weight excluding hydrogens is 428 g/mol. The zero-order valence-electron chi connectivity index (χ0n) is 20.2. The lowest BCUT2D eigenvalue weighted by atomic mass is 9.96. The van der Waals surface area contributed by atoms with E-state index in [-0.39, 0.29) is 11.8 Å². The van der Waals surface area contributed by atoms with Gasteiger partial charge in [0.25, 0.3) is 0 Å². The van der Waals surface area contributed by atoms with E-state index in [0.717, 1.165) is 102 Å². The molecule has 3 saturated heterocycles. The topological polar surface area (TPSA) is 71.9 Å². The molecule has 0 spiro atoms. The third-order valence-corrected chi connectivity index (χ3v) is 7.44. The first kappa shape index (κ1) is 22.8. The summed E-state index contributed by atoms with van der Waals surface area (Å²) in [5.41, 5.74) is 0. The average molecular weight is 465 g/mol. The summed E-state index contributed by atoms with van der Waals surface area (Å²) < 4.78 is 0. The molecule has 2 aromatic heterocycles. The van der Waals surface area contributed by atoms with Crippen LogP contribution in [0.4, 0.5) is 17.5 Å². The molecule has 0 unspecified atom stereocenters. The second-order valence-electron chi connectivity index (χ2n) is 9.46. The molecule has 3 aliphatic rings. The number of aromatic nitrogens is 3. The SMILES string of the molecule is CCN1CCN(c2ccc(N3CCC[C@H](C(=O)N4CCN(c5ccccn5)CC4)C3)nn2)CC1. The predicted molar refractivity (Wildman–Crippen MR) is 134 cm³/mol. The Morgan fingerprint density at radius 3 is 2.15 bits per heavy atom. The number of carbonyl (C=O) groups is 1. The van der Waals surface area contributed by atoms with Gasteiger partial charge in [0, 0.05) is 71.6 Å². The first-order chi connectivity index (χ1) is 16.7. The molecule has 9 heteroatoms. The number of piperazine rings is 2. The number of anilines is 3. The Kier molecular flexibility index (Phi) is 7.08. The highest BCUT2D eigenvalue weighted by Gasteiger charge is 2.32. The number of pyridine rings is 1. The molecule has 9 nitrogen and oxygen atoms in total. The third kappa shape index (κ3) is 5.09. The van der Waals surface area contributed by atoms with Crippen molar-refractivity contribution in [2.24, 2.45) is 5.92 Å². The summed E-state index contributed by atoms with van der Waals surface area (Å²) >= 11 is 0. The van der Waals surface area contributed by atoms with E-state index in [0.29, 0.717) is 0 Å². The Hall–Kier alpha value is -2.94. The van der Waals surface area contributed by atoms with Gasteiger partial charge in [0.05, 0.1) is 5.92 Å². The standard InChI is InChI=1S/C25H36N8O/c1-2-29-12-14-31(15-13-29)23-8-9-24(28-27-23)33-11-5-6-21(20-33)25(34)32-18-16-30(17-19-32)22-7-3-4-10-26-22/h3-4,7-10,21H,2,5-6,11-20H2,1H3/t21-/m0/s1. The molecule has 0 bridgehead atoms. The predicted octanol–water partition coefficient (Wildman–Crippen LogP) is 1.58. The van der Waals surface area contributed by atoms with E-state index in [9.17, 15) is 4.79 Å². The van der Waals surface area contributed by atoms with Crippen molar-refractivity contribution >= 4 is 23.4 Å². The highest BCUT2D eigenvalue weighted by molar-refractivity contribution is 5.80. The van der Waals surface area contributed by atoms with Gasteiger partial charge in [-0.15, -0.1) is 10.2 Å². The van der Waals surface area contributed by atoms with Crippen molar-refractivity contribution in [2.45, 2.75) is 19.8 Å². The molecular formula is C25H36N8O. The van der Waals surface area contributed by atoms with Crippen molar-refractivity contribution < 1.29 is 4.79 Å². The Labute approximate surface area is 202 Å². The van der Waals surface area contributed by atoms with Crippen LogP contribution in [0.5, 0.6) is 0 Å².